The van der Waals surface area contributed by atoms with E-state index < -0.39 is 17.0 Å². The number of likely N-dealkylation sites (N-methyl/N-ethyl adjacent to an activating group) is 1. The molecule has 0 rings (SSSR count). The highest BCUT2D eigenvalue weighted by Gasteiger charge is 2.35. The van der Waals surface area contributed by atoms with Crippen molar-refractivity contribution in [3.8, 4) is 0 Å². The molecule has 0 aromatic rings. The molecule has 5 nitrogen and oxygen atoms in total. The maximum absolute atomic E-state index is 11.9. The van der Waals surface area contributed by atoms with E-state index in [9.17, 15) is 9.59 Å². The predicted molar refractivity (Wildman–Crippen MR) is 62.0 cm³/mol. The first-order valence-electron chi connectivity index (χ1n) is 5.33. The Hall–Kier alpha value is -1.10. The number of nitrogens with one attached hydrogen (secondary N) is 2. The summed E-state index contributed by atoms with van der Waals surface area (Å²) in [5.74, 6) is -0.696. The third-order valence-corrected chi connectivity index (χ3v) is 2.31. The van der Waals surface area contributed by atoms with Gasteiger partial charge >= 0.3 is 5.97 Å². The lowest BCUT2D eigenvalue weighted by Gasteiger charge is -2.30. The second kappa shape index (κ2) is 5.30. The molecule has 0 aromatic carbocycles. The van der Waals surface area contributed by atoms with Crippen LogP contribution < -0.4 is 10.6 Å². The summed E-state index contributed by atoms with van der Waals surface area (Å²) < 4.78 is 4.61. The highest BCUT2D eigenvalue weighted by molar-refractivity contribution is 5.91. The van der Waals surface area contributed by atoms with Gasteiger partial charge in [-0.1, -0.05) is 6.92 Å². The van der Waals surface area contributed by atoms with Gasteiger partial charge < -0.3 is 15.4 Å². The number of carbonyl (C=O) groups excluding carboxylic acids is 2. The molecule has 0 aromatic heterocycles. The van der Waals surface area contributed by atoms with E-state index in [0.717, 1.165) is 0 Å². The standard InChI is InChI=1S/C11H22N2O3/c1-7-12-10(2,3)8(14)13-11(4,5)9(15)16-6/h12H,7H2,1-6H3,(H,13,14). The fourth-order valence-electron chi connectivity index (χ4n) is 1.27. The topological polar surface area (TPSA) is 67.4 Å². The molecule has 0 aliphatic carbocycles. The maximum Gasteiger partial charge on any atom is 0.330 e. The molecule has 0 spiro atoms. The number of hydrogen-bond donors (Lipinski definition) is 2. The number of rotatable bonds is 5. The Bertz CT molecular complexity index is 272. The van der Waals surface area contributed by atoms with Crippen molar-refractivity contribution in [2.24, 2.45) is 0 Å². The van der Waals surface area contributed by atoms with E-state index in [-0.39, 0.29) is 5.91 Å². The number of methoxy groups -OCH3 is 1. The number of esters is 1. The molecule has 0 saturated heterocycles. The fourth-order valence-corrected chi connectivity index (χ4v) is 1.27. The van der Waals surface area contributed by atoms with Crippen LogP contribution in [0.25, 0.3) is 0 Å². The van der Waals surface area contributed by atoms with Gasteiger partial charge in [-0.15, -0.1) is 0 Å². The van der Waals surface area contributed by atoms with Gasteiger partial charge in [0, 0.05) is 0 Å². The largest absolute Gasteiger partial charge is 0.467 e. The Kier molecular flexibility index (Phi) is 4.93. The summed E-state index contributed by atoms with van der Waals surface area (Å²) in [6.45, 7) is 9.34. The summed E-state index contributed by atoms with van der Waals surface area (Å²) in [5, 5.41) is 5.69. The molecular formula is C11H22N2O3. The zero-order valence-electron chi connectivity index (χ0n) is 10.9. The minimum atomic E-state index is -1.02. The SMILES string of the molecule is CCNC(C)(C)C(=O)NC(C)(C)C(=O)OC. The van der Waals surface area contributed by atoms with E-state index in [1.807, 2.05) is 6.92 Å². The third-order valence-electron chi connectivity index (χ3n) is 2.31. The minimum absolute atomic E-state index is 0.232. The number of amides is 1. The van der Waals surface area contributed by atoms with Crippen molar-refractivity contribution in [1.29, 1.82) is 0 Å². The van der Waals surface area contributed by atoms with Gasteiger partial charge in [-0.05, 0) is 34.2 Å². The monoisotopic (exact) mass is 230 g/mol. The number of ether oxygens (including phenoxy) is 1. The molecule has 0 saturated carbocycles. The van der Waals surface area contributed by atoms with E-state index in [0.29, 0.717) is 6.54 Å². The van der Waals surface area contributed by atoms with Gasteiger partial charge in [-0.3, -0.25) is 4.79 Å². The molecule has 1 amide bonds. The lowest BCUT2D eigenvalue weighted by atomic mass is 10.00. The highest BCUT2D eigenvalue weighted by atomic mass is 16.5. The second-order valence-electron chi connectivity index (χ2n) is 4.73. The van der Waals surface area contributed by atoms with Gasteiger partial charge in [-0.2, -0.15) is 0 Å². The lowest BCUT2D eigenvalue weighted by molar-refractivity contribution is -0.150. The Morgan fingerprint density at radius 2 is 1.62 bits per heavy atom. The fraction of sp³-hybridized carbons (Fsp3) is 0.818. The van der Waals surface area contributed by atoms with E-state index >= 15 is 0 Å². The van der Waals surface area contributed by atoms with E-state index in [1.54, 1.807) is 27.7 Å². The van der Waals surface area contributed by atoms with Crippen LogP contribution in [0, 0.1) is 0 Å². The highest BCUT2D eigenvalue weighted by Crippen LogP contribution is 2.09. The number of hydrogen-bond acceptors (Lipinski definition) is 4. The van der Waals surface area contributed by atoms with Gasteiger partial charge in [0.2, 0.25) is 5.91 Å². The quantitative estimate of drug-likeness (QED) is 0.673. The van der Waals surface area contributed by atoms with E-state index in [2.05, 4.69) is 15.4 Å². The summed E-state index contributed by atoms with van der Waals surface area (Å²) >= 11 is 0. The second-order valence-corrected chi connectivity index (χ2v) is 4.73. The zero-order chi connectivity index (χ0) is 13.0. The van der Waals surface area contributed by atoms with Crippen molar-refractivity contribution in [3.05, 3.63) is 0 Å². The molecule has 0 fully saturated rings. The van der Waals surface area contributed by atoms with Crippen LogP contribution in [0.15, 0.2) is 0 Å². The molecule has 2 N–H and O–H groups in total. The predicted octanol–water partition coefficient (Wildman–Crippen LogP) is 0.442. The molecule has 0 bridgehead atoms. The van der Waals surface area contributed by atoms with Crippen molar-refractivity contribution < 1.29 is 14.3 Å². The normalized spacial score (nSPS) is 12.1. The van der Waals surface area contributed by atoms with Crippen molar-refractivity contribution in [1.82, 2.24) is 10.6 Å². The molecule has 16 heavy (non-hydrogen) atoms. The first kappa shape index (κ1) is 14.9. The van der Waals surface area contributed by atoms with Gasteiger partial charge in [0.05, 0.1) is 12.6 Å². The Balaban J connectivity index is 4.61. The van der Waals surface area contributed by atoms with E-state index in [4.69, 9.17) is 0 Å². The van der Waals surface area contributed by atoms with Crippen molar-refractivity contribution in [2.75, 3.05) is 13.7 Å². The van der Waals surface area contributed by atoms with Crippen LogP contribution in [0.3, 0.4) is 0 Å². The van der Waals surface area contributed by atoms with Crippen molar-refractivity contribution in [2.45, 2.75) is 45.7 Å². The molecular weight excluding hydrogens is 208 g/mol. The summed E-state index contributed by atoms with van der Waals surface area (Å²) in [6.07, 6.45) is 0. The van der Waals surface area contributed by atoms with Gasteiger partial charge in [-0.25, -0.2) is 4.79 Å². The third kappa shape index (κ3) is 3.81. The van der Waals surface area contributed by atoms with Gasteiger partial charge in [0.1, 0.15) is 5.54 Å². The molecule has 5 heteroatoms. The van der Waals surface area contributed by atoms with Crippen LogP contribution in [0.2, 0.25) is 0 Å². The van der Waals surface area contributed by atoms with Gasteiger partial charge in [0.25, 0.3) is 0 Å². The van der Waals surface area contributed by atoms with Crippen LogP contribution in [0.5, 0.6) is 0 Å². The van der Waals surface area contributed by atoms with Crippen LogP contribution in [-0.2, 0) is 14.3 Å². The smallest absolute Gasteiger partial charge is 0.330 e. The zero-order valence-corrected chi connectivity index (χ0v) is 10.9. The Morgan fingerprint density at radius 3 is 2.00 bits per heavy atom. The van der Waals surface area contributed by atoms with Crippen LogP contribution in [0.4, 0.5) is 0 Å². The molecule has 0 aliphatic heterocycles. The lowest BCUT2D eigenvalue weighted by Crippen LogP contribution is -2.60. The first-order chi connectivity index (χ1) is 7.17. The molecule has 0 unspecified atom stereocenters. The molecule has 94 valence electrons. The van der Waals surface area contributed by atoms with Gasteiger partial charge in [0.15, 0.2) is 0 Å². The summed E-state index contributed by atoms with van der Waals surface area (Å²) in [7, 11) is 1.30. The minimum Gasteiger partial charge on any atom is -0.467 e. The maximum atomic E-state index is 11.9. The summed E-state index contributed by atoms with van der Waals surface area (Å²) in [5.41, 5.74) is -1.72. The first-order valence-corrected chi connectivity index (χ1v) is 5.33. The summed E-state index contributed by atoms with van der Waals surface area (Å²) in [6, 6.07) is 0. The van der Waals surface area contributed by atoms with Crippen LogP contribution >= 0.6 is 0 Å². The Labute approximate surface area is 96.9 Å². The van der Waals surface area contributed by atoms with Crippen molar-refractivity contribution in [3.63, 3.8) is 0 Å². The summed E-state index contributed by atoms with van der Waals surface area (Å²) in [4.78, 5) is 23.3. The molecule has 0 radical (unpaired) electrons. The Morgan fingerprint density at radius 1 is 1.12 bits per heavy atom. The molecule has 0 atom stereocenters. The van der Waals surface area contributed by atoms with Crippen LogP contribution in [-0.4, -0.2) is 36.6 Å². The van der Waals surface area contributed by atoms with Crippen LogP contribution in [0.1, 0.15) is 34.6 Å². The molecule has 0 aliphatic rings. The molecule has 0 heterocycles. The van der Waals surface area contributed by atoms with E-state index in [1.165, 1.54) is 7.11 Å². The van der Waals surface area contributed by atoms with Crippen molar-refractivity contribution >= 4 is 11.9 Å². The average molecular weight is 230 g/mol. The number of carbonyl (C=O) groups is 2. The average Bonchev–Trinajstić information content (AvgIpc) is 2.15.